The Labute approximate surface area is 181 Å². The van der Waals surface area contributed by atoms with Crippen LogP contribution in [0.5, 0.6) is 5.75 Å². The zero-order valence-corrected chi connectivity index (χ0v) is 17.7. The highest BCUT2D eigenvalue weighted by Gasteiger charge is 2.34. The SMILES string of the molecule is CC(C)c1cnc2c(C(=O)NC(c3ccc(OC(F)(F)F)c(F)c3)C(C)(C)O)cnn2c1. The van der Waals surface area contributed by atoms with E-state index in [1.54, 1.807) is 12.4 Å². The van der Waals surface area contributed by atoms with E-state index in [2.05, 4.69) is 20.1 Å². The van der Waals surface area contributed by atoms with Gasteiger partial charge in [0, 0.05) is 12.4 Å². The van der Waals surface area contributed by atoms with Crippen LogP contribution in [-0.2, 0) is 0 Å². The van der Waals surface area contributed by atoms with E-state index in [1.165, 1.54) is 24.6 Å². The Morgan fingerprint density at radius 1 is 1.19 bits per heavy atom. The second kappa shape index (κ2) is 8.38. The molecular formula is C21H22F4N4O3. The van der Waals surface area contributed by atoms with E-state index >= 15 is 0 Å². The van der Waals surface area contributed by atoms with Crippen molar-refractivity contribution >= 4 is 11.6 Å². The monoisotopic (exact) mass is 454 g/mol. The minimum atomic E-state index is -5.06. The summed E-state index contributed by atoms with van der Waals surface area (Å²) in [5.41, 5.74) is -0.230. The van der Waals surface area contributed by atoms with Gasteiger partial charge in [0.2, 0.25) is 0 Å². The molecule has 7 nitrogen and oxygen atoms in total. The van der Waals surface area contributed by atoms with Crippen molar-refractivity contribution in [3.05, 3.63) is 59.3 Å². The Morgan fingerprint density at radius 3 is 2.44 bits per heavy atom. The van der Waals surface area contributed by atoms with Gasteiger partial charge in [0.15, 0.2) is 17.2 Å². The van der Waals surface area contributed by atoms with Gasteiger partial charge >= 0.3 is 6.36 Å². The number of amides is 1. The second-order valence-corrected chi connectivity index (χ2v) is 8.17. The van der Waals surface area contributed by atoms with Crippen molar-refractivity contribution in [2.45, 2.75) is 51.6 Å². The molecule has 3 aromatic rings. The number of hydrogen-bond donors (Lipinski definition) is 2. The van der Waals surface area contributed by atoms with E-state index in [-0.39, 0.29) is 22.7 Å². The number of nitrogens with zero attached hydrogens (tertiary/aromatic N) is 3. The van der Waals surface area contributed by atoms with Crippen LogP contribution in [-0.4, -0.2) is 37.6 Å². The van der Waals surface area contributed by atoms with Crippen LogP contribution >= 0.6 is 0 Å². The Balaban J connectivity index is 1.91. The van der Waals surface area contributed by atoms with Gasteiger partial charge in [0.1, 0.15) is 5.56 Å². The molecule has 0 radical (unpaired) electrons. The maximum absolute atomic E-state index is 14.2. The molecule has 1 aromatic carbocycles. The molecule has 1 amide bonds. The zero-order chi connectivity index (χ0) is 23.8. The number of carbonyl (C=O) groups is 1. The number of benzene rings is 1. The predicted octanol–water partition coefficient (Wildman–Crippen LogP) is 4.13. The highest BCUT2D eigenvalue weighted by molar-refractivity contribution is 5.99. The van der Waals surface area contributed by atoms with Crippen LogP contribution in [0.15, 0.2) is 36.8 Å². The van der Waals surface area contributed by atoms with Crippen LogP contribution in [0.1, 0.15) is 61.1 Å². The van der Waals surface area contributed by atoms with Crippen LogP contribution in [0.25, 0.3) is 5.65 Å². The number of ether oxygens (including phenoxy) is 1. The molecule has 2 heterocycles. The van der Waals surface area contributed by atoms with Crippen LogP contribution in [0.2, 0.25) is 0 Å². The summed E-state index contributed by atoms with van der Waals surface area (Å²) in [6.07, 6.45) is -0.380. The Bertz CT molecular complexity index is 1140. The van der Waals surface area contributed by atoms with Crippen molar-refractivity contribution in [3.8, 4) is 5.75 Å². The number of aliphatic hydroxyl groups is 1. The summed E-state index contributed by atoms with van der Waals surface area (Å²) in [5.74, 6) is -2.75. The summed E-state index contributed by atoms with van der Waals surface area (Å²) in [5, 5.41) is 17.3. The average molecular weight is 454 g/mol. The lowest BCUT2D eigenvalue weighted by molar-refractivity contribution is -0.275. The Morgan fingerprint density at radius 2 is 1.88 bits per heavy atom. The van der Waals surface area contributed by atoms with E-state index in [9.17, 15) is 27.5 Å². The lowest BCUT2D eigenvalue weighted by atomic mass is 9.91. The number of carbonyl (C=O) groups excluding carboxylic acids is 1. The summed E-state index contributed by atoms with van der Waals surface area (Å²) in [6.45, 7) is 6.72. The van der Waals surface area contributed by atoms with Gasteiger partial charge < -0.3 is 15.2 Å². The number of nitrogens with one attached hydrogen (secondary N) is 1. The molecular weight excluding hydrogens is 432 g/mol. The van der Waals surface area contributed by atoms with Gasteiger partial charge in [-0.05, 0) is 43.0 Å². The van der Waals surface area contributed by atoms with E-state index in [0.717, 1.165) is 23.8 Å². The minimum Gasteiger partial charge on any atom is -0.403 e. The van der Waals surface area contributed by atoms with Gasteiger partial charge in [-0.2, -0.15) is 5.10 Å². The Kier molecular flexibility index (Phi) is 6.14. The Hall–Kier alpha value is -3.21. The zero-order valence-electron chi connectivity index (χ0n) is 17.7. The summed E-state index contributed by atoms with van der Waals surface area (Å²) in [6, 6.07) is 1.53. The first-order valence-corrected chi connectivity index (χ1v) is 9.68. The molecule has 2 N–H and O–H groups in total. The van der Waals surface area contributed by atoms with E-state index in [0.29, 0.717) is 0 Å². The van der Waals surface area contributed by atoms with Gasteiger partial charge in [0.25, 0.3) is 5.91 Å². The maximum Gasteiger partial charge on any atom is 0.573 e. The van der Waals surface area contributed by atoms with Crippen molar-refractivity contribution in [2.75, 3.05) is 0 Å². The van der Waals surface area contributed by atoms with E-state index in [4.69, 9.17) is 0 Å². The molecule has 0 fully saturated rings. The summed E-state index contributed by atoms with van der Waals surface area (Å²) in [7, 11) is 0. The lowest BCUT2D eigenvalue weighted by Gasteiger charge is -2.30. The third-order valence-electron chi connectivity index (χ3n) is 4.78. The standard InChI is InChI=1S/C21H22F4N4O3/c1-11(2)13-8-26-18-14(9-27-29(18)10-13)19(30)28-17(20(3,4)31)12-5-6-16(15(22)7-12)32-21(23,24)25/h5-11,17,31H,1-4H3,(H,28,30). The molecule has 1 unspecified atom stereocenters. The molecule has 0 spiro atoms. The van der Waals surface area contributed by atoms with Crippen molar-refractivity contribution in [3.63, 3.8) is 0 Å². The number of rotatable bonds is 6. The fourth-order valence-electron chi connectivity index (χ4n) is 3.13. The van der Waals surface area contributed by atoms with Gasteiger partial charge in [-0.3, -0.25) is 4.79 Å². The summed E-state index contributed by atoms with van der Waals surface area (Å²) in [4.78, 5) is 17.2. The fourth-order valence-corrected chi connectivity index (χ4v) is 3.13. The smallest absolute Gasteiger partial charge is 0.403 e. The first-order valence-electron chi connectivity index (χ1n) is 9.68. The molecule has 0 aliphatic heterocycles. The number of halogens is 4. The fraction of sp³-hybridized carbons (Fsp3) is 0.381. The highest BCUT2D eigenvalue weighted by atomic mass is 19.4. The number of aromatic nitrogens is 3. The molecule has 172 valence electrons. The highest BCUT2D eigenvalue weighted by Crippen LogP contribution is 2.31. The quantitative estimate of drug-likeness (QED) is 0.547. The molecule has 32 heavy (non-hydrogen) atoms. The first kappa shape index (κ1) is 23.5. The first-order chi connectivity index (χ1) is 14.8. The summed E-state index contributed by atoms with van der Waals surface area (Å²) < 4.78 is 56.5. The molecule has 0 saturated heterocycles. The molecule has 0 bridgehead atoms. The third-order valence-corrected chi connectivity index (χ3v) is 4.78. The number of alkyl halides is 3. The van der Waals surface area contributed by atoms with Gasteiger partial charge in [0.05, 0.1) is 17.8 Å². The van der Waals surface area contributed by atoms with Gasteiger partial charge in [-0.25, -0.2) is 13.9 Å². The maximum atomic E-state index is 14.2. The minimum absolute atomic E-state index is 0.0457. The average Bonchev–Trinajstić information content (AvgIpc) is 3.09. The van der Waals surface area contributed by atoms with Crippen molar-refractivity contribution < 1.29 is 32.2 Å². The molecule has 0 saturated carbocycles. The normalized spacial score (nSPS) is 13.4. The molecule has 11 heteroatoms. The molecule has 3 rings (SSSR count). The number of fused-ring (bicyclic) bond motifs is 1. The summed E-state index contributed by atoms with van der Waals surface area (Å²) >= 11 is 0. The van der Waals surface area contributed by atoms with Crippen LogP contribution in [0, 0.1) is 5.82 Å². The molecule has 2 aromatic heterocycles. The van der Waals surface area contributed by atoms with Crippen molar-refractivity contribution in [1.82, 2.24) is 19.9 Å². The predicted molar refractivity (Wildman–Crippen MR) is 107 cm³/mol. The topological polar surface area (TPSA) is 88.8 Å². The largest absolute Gasteiger partial charge is 0.573 e. The number of hydrogen-bond acceptors (Lipinski definition) is 5. The molecule has 0 aliphatic carbocycles. The van der Waals surface area contributed by atoms with Gasteiger partial charge in [-0.15, -0.1) is 13.2 Å². The molecule has 0 aliphatic rings. The lowest BCUT2D eigenvalue weighted by Crippen LogP contribution is -2.42. The second-order valence-electron chi connectivity index (χ2n) is 8.17. The molecule has 1 atom stereocenters. The van der Waals surface area contributed by atoms with E-state index < -0.39 is 35.5 Å². The van der Waals surface area contributed by atoms with Crippen LogP contribution in [0.4, 0.5) is 17.6 Å². The van der Waals surface area contributed by atoms with Crippen molar-refractivity contribution in [2.24, 2.45) is 0 Å². The van der Waals surface area contributed by atoms with E-state index in [1.807, 2.05) is 13.8 Å². The van der Waals surface area contributed by atoms with Crippen molar-refractivity contribution in [1.29, 1.82) is 0 Å². The van der Waals surface area contributed by atoms with Gasteiger partial charge in [-0.1, -0.05) is 19.9 Å². The third kappa shape index (κ3) is 5.16. The van der Waals surface area contributed by atoms with Crippen LogP contribution < -0.4 is 10.1 Å². The van der Waals surface area contributed by atoms with Crippen LogP contribution in [0.3, 0.4) is 0 Å².